The number of rotatable bonds is 2. The lowest BCUT2D eigenvalue weighted by Crippen LogP contribution is -2.08. The van der Waals surface area contributed by atoms with Crippen LogP contribution in [0.4, 0.5) is 0 Å². The zero-order valence-corrected chi connectivity index (χ0v) is 11.9. The fraction of sp³-hybridized carbons (Fsp3) is 0.333. The number of fused-ring (bicyclic) bond motifs is 1. The lowest BCUT2D eigenvalue weighted by Gasteiger charge is -2.14. The second-order valence-electron chi connectivity index (χ2n) is 5.15. The second kappa shape index (κ2) is 4.94. The maximum absolute atomic E-state index is 11.3. The number of aromatic carboxylic acids is 1. The average molecular weight is 291 g/mol. The van der Waals surface area contributed by atoms with Crippen LogP contribution in [0.1, 0.15) is 40.2 Å². The van der Waals surface area contributed by atoms with Crippen LogP contribution in [0.2, 0.25) is 5.02 Å². The quantitative estimate of drug-likeness (QED) is 0.922. The number of carbonyl (C=O) groups is 1. The Morgan fingerprint density at radius 2 is 2.10 bits per heavy atom. The first kappa shape index (κ1) is 13.2. The van der Waals surface area contributed by atoms with Crippen LogP contribution >= 0.6 is 11.6 Å². The van der Waals surface area contributed by atoms with Gasteiger partial charge in [0.15, 0.2) is 5.69 Å². The normalized spacial score (nSPS) is 14.1. The lowest BCUT2D eigenvalue weighted by atomic mass is 9.95. The van der Waals surface area contributed by atoms with Crippen LogP contribution in [0.25, 0.3) is 5.69 Å². The van der Waals surface area contributed by atoms with E-state index in [0.29, 0.717) is 5.02 Å². The summed E-state index contributed by atoms with van der Waals surface area (Å²) in [6.45, 7) is 1.97. The van der Waals surface area contributed by atoms with Gasteiger partial charge in [0.25, 0.3) is 0 Å². The van der Waals surface area contributed by atoms with Crippen molar-refractivity contribution in [3.63, 3.8) is 0 Å². The molecule has 0 spiro atoms. The summed E-state index contributed by atoms with van der Waals surface area (Å²) >= 11 is 6.29. The minimum Gasteiger partial charge on any atom is -0.476 e. The topological polar surface area (TPSA) is 55.1 Å². The van der Waals surface area contributed by atoms with Gasteiger partial charge in [-0.05, 0) is 50.3 Å². The van der Waals surface area contributed by atoms with E-state index in [1.165, 1.54) is 0 Å². The molecule has 1 heterocycles. The van der Waals surface area contributed by atoms with Gasteiger partial charge in [-0.15, -0.1) is 0 Å². The highest BCUT2D eigenvalue weighted by molar-refractivity contribution is 6.32. The number of aromatic nitrogens is 2. The molecule has 3 rings (SSSR count). The van der Waals surface area contributed by atoms with Crippen LogP contribution in [0.3, 0.4) is 0 Å². The average Bonchev–Trinajstić information content (AvgIpc) is 2.78. The molecule has 1 aliphatic rings. The number of aryl methyl sites for hydroxylation is 1. The predicted molar refractivity (Wildman–Crippen MR) is 76.9 cm³/mol. The summed E-state index contributed by atoms with van der Waals surface area (Å²) in [5.41, 5.74) is 3.83. The molecule has 0 saturated heterocycles. The number of hydrogen-bond acceptors (Lipinski definition) is 2. The lowest BCUT2D eigenvalue weighted by molar-refractivity contribution is 0.0688. The first-order chi connectivity index (χ1) is 9.58. The molecule has 0 unspecified atom stereocenters. The van der Waals surface area contributed by atoms with Gasteiger partial charge in [-0.25, -0.2) is 9.48 Å². The molecule has 1 N–H and O–H groups in total. The summed E-state index contributed by atoms with van der Waals surface area (Å²) in [7, 11) is 0. The molecule has 0 saturated carbocycles. The van der Waals surface area contributed by atoms with E-state index in [9.17, 15) is 9.90 Å². The molecule has 0 atom stereocenters. The molecule has 20 heavy (non-hydrogen) atoms. The molecule has 1 aliphatic carbocycles. The molecule has 1 aromatic carbocycles. The number of carboxylic acids is 1. The third-order valence-corrected chi connectivity index (χ3v) is 4.02. The maximum atomic E-state index is 11.3. The molecule has 104 valence electrons. The molecular weight excluding hydrogens is 276 g/mol. The van der Waals surface area contributed by atoms with E-state index in [2.05, 4.69) is 5.10 Å². The van der Waals surface area contributed by atoms with Crippen molar-refractivity contribution in [2.45, 2.75) is 32.6 Å². The fourth-order valence-corrected chi connectivity index (χ4v) is 3.07. The Morgan fingerprint density at radius 3 is 2.80 bits per heavy atom. The molecule has 0 aliphatic heterocycles. The fourth-order valence-electron chi connectivity index (χ4n) is 2.75. The maximum Gasteiger partial charge on any atom is 0.356 e. The molecule has 4 nitrogen and oxygen atoms in total. The van der Waals surface area contributed by atoms with Gasteiger partial charge in [-0.2, -0.15) is 5.10 Å². The Balaban J connectivity index is 2.21. The summed E-state index contributed by atoms with van der Waals surface area (Å²) in [5.74, 6) is -0.967. The largest absolute Gasteiger partial charge is 0.476 e. The van der Waals surface area contributed by atoms with E-state index in [-0.39, 0.29) is 5.69 Å². The molecule has 0 amide bonds. The van der Waals surface area contributed by atoms with Gasteiger partial charge < -0.3 is 5.11 Å². The van der Waals surface area contributed by atoms with Crippen molar-refractivity contribution < 1.29 is 9.90 Å². The Hall–Kier alpha value is -1.81. The Labute approximate surface area is 122 Å². The Bertz CT molecular complexity index is 691. The molecule has 0 bridgehead atoms. The van der Waals surface area contributed by atoms with Crippen LogP contribution in [-0.4, -0.2) is 20.9 Å². The third kappa shape index (κ3) is 2.10. The molecule has 2 aromatic rings. The van der Waals surface area contributed by atoms with Gasteiger partial charge >= 0.3 is 5.97 Å². The molecule has 1 aromatic heterocycles. The molecular formula is C15H15ClN2O2. The van der Waals surface area contributed by atoms with Gasteiger partial charge in [-0.3, -0.25) is 0 Å². The van der Waals surface area contributed by atoms with Crippen molar-refractivity contribution in [1.82, 2.24) is 9.78 Å². The zero-order valence-electron chi connectivity index (χ0n) is 11.2. The summed E-state index contributed by atoms with van der Waals surface area (Å²) < 4.78 is 1.71. The third-order valence-electron chi connectivity index (χ3n) is 3.71. The van der Waals surface area contributed by atoms with Crippen molar-refractivity contribution in [1.29, 1.82) is 0 Å². The highest BCUT2D eigenvalue weighted by atomic mass is 35.5. The van der Waals surface area contributed by atoms with Crippen LogP contribution < -0.4 is 0 Å². The summed E-state index contributed by atoms with van der Waals surface area (Å²) in [5, 5.41) is 14.2. The summed E-state index contributed by atoms with van der Waals surface area (Å²) in [4.78, 5) is 11.3. The van der Waals surface area contributed by atoms with Crippen LogP contribution in [-0.2, 0) is 12.8 Å². The van der Waals surface area contributed by atoms with E-state index in [4.69, 9.17) is 11.6 Å². The van der Waals surface area contributed by atoms with Gasteiger partial charge in [-0.1, -0.05) is 17.7 Å². The van der Waals surface area contributed by atoms with Gasteiger partial charge in [0.2, 0.25) is 0 Å². The van der Waals surface area contributed by atoms with Crippen molar-refractivity contribution >= 4 is 17.6 Å². The zero-order chi connectivity index (χ0) is 14.3. The van der Waals surface area contributed by atoms with E-state index in [1.807, 2.05) is 25.1 Å². The van der Waals surface area contributed by atoms with Crippen molar-refractivity contribution in [2.75, 3.05) is 0 Å². The monoisotopic (exact) mass is 290 g/mol. The highest BCUT2D eigenvalue weighted by Gasteiger charge is 2.25. The molecule has 0 radical (unpaired) electrons. The predicted octanol–water partition coefficient (Wildman–Crippen LogP) is 3.41. The standard InChI is InChI=1S/C15H15ClN2O2/c1-9-6-7-13(11(16)8-9)18-12-5-3-2-4-10(12)14(17-18)15(19)20/h6-8H,2-5H2,1H3,(H,19,20). The van der Waals surface area contributed by atoms with Gasteiger partial charge in [0.05, 0.1) is 10.7 Å². The Morgan fingerprint density at radius 1 is 1.35 bits per heavy atom. The van der Waals surface area contributed by atoms with E-state index < -0.39 is 5.97 Å². The summed E-state index contributed by atoms with van der Waals surface area (Å²) in [6, 6.07) is 5.72. The van der Waals surface area contributed by atoms with Crippen LogP contribution in [0, 0.1) is 6.92 Å². The van der Waals surface area contributed by atoms with Crippen LogP contribution in [0.15, 0.2) is 18.2 Å². The number of nitrogens with zero attached hydrogens (tertiary/aromatic N) is 2. The van der Waals surface area contributed by atoms with Crippen molar-refractivity contribution in [2.24, 2.45) is 0 Å². The highest BCUT2D eigenvalue weighted by Crippen LogP contribution is 2.30. The summed E-state index contributed by atoms with van der Waals surface area (Å²) in [6.07, 6.45) is 3.70. The van der Waals surface area contributed by atoms with E-state index >= 15 is 0 Å². The number of halogens is 1. The Kier molecular flexibility index (Phi) is 3.26. The SMILES string of the molecule is Cc1ccc(-n2nc(C(=O)O)c3c2CCCC3)c(Cl)c1. The van der Waals surface area contributed by atoms with Gasteiger partial charge in [0.1, 0.15) is 0 Å². The van der Waals surface area contributed by atoms with Crippen molar-refractivity contribution in [3.05, 3.63) is 45.7 Å². The van der Waals surface area contributed by atoms with Gasteiger partial charge in [0, 0.05) is 11.3 Å². The molecule has 5 heteroatoms. The van der Waals surface area contributed by atoms with Crippen LogP contribution in [0.5, 0.6) is 0 Å². The number of hydrogen-bond donors (Lipinski definition) is 1. The minimum absolute atomic E-state index is 0.163. The first-order valence-electron chi connectivity index (χ1n) is 6.68. The van der Waals surface area contributed by atoms with E-state index in [0.717, 1.165) is 48.2 Å². The second-order valence-corrected chi connectivity index (χ2v) is 5.56. The minimum atomic E-state index is -0.967. The first-order valence-corrected chi connectivity index (χ1v) is 7.06. The smallest absolute Gasteiger partial charge is 0.356 e. The van der Waals surface area contributed by atoms with Crippen molar-refractivity contribution in [3.8, 4) is 5.69 Å². The number of carboxylic acid groups (broad SMARTS) is 1. The van der Waals surface area contributed by atoms with E-state index in [1.54, 1.807) is 4.68 Å². The number of benzene rings is 1. The molecule has 0 fully saturated rings.